The van der Waals surface area contributed by atoms with Crippen LogP contribution in [0.2, 0.25) is 0 Å². The molecule has 7 heteroatoms. The Morgan fingerprint density at radius 3 is 2.58 bits per heavy atom. The Kier molecular flexibility index (Phi) is 3.92. The van der Waals surface area contributed by atoms with Crippen LogP contribution in [-0.4, -0.2) is 26.9 Å². The molecule has 1 amide bonds. The van der Waals surface area contributed by atoms with E-state index in [1.54, 1.807) is 16.8 Å². The molecule has 0 atom stereocenters. The van der Waals surface area contributed by atoms with Crippen LogP contribution in [0.15, 0.2) is 33.7 Å². The first-order valence-electron chi connectivity index (χ1n) is 8.52. The highest BCUT2D eigenvalue weighted by atomic mass is 16.5. The molecule has 2 aromatic heterocycles. The molecule has 4 rings (SSSR count). The summed E-state index contributed by atoms with van der Waals surface area (Å²) in [7, 11) is 0. The smallest absolute Gasteiger partial charge is 0.290 e. The molecule has 126 valence electrons. The van der Waals surface area contributed by atoms with E-state index in [9.17, 15) is 9.59 Å². The molecule has 2 aromatic rings. The van der Waals surface area contributed by atoms with Gasteiger partial charge in [-0.2, -0.15) is 5.10 Å². The first kappa shape index (κ1) is 15.1. The minimum atomic E-state index is -0.234. The van der Waals surface area contributed by atoms with Crippen LogP contribution in [0.4, 0.5) is 0 Å². The SMILES string of the molecule is O=C(NC1CCC(n2nc(C3CC3)ccc2=O)CC1)c1ccno1. The largest absolute Gasteiger partial charge is 0.351 e. The van der Waals surface area contributed by atoms with Gasteiger partial charge in [-0.3, -0.25) is 9.59 Å². The first-order valence-corrected chi connectivity index (χ1v) is 8.52. The Morgan fingerprint density at radius 2 is 1.92 bits per heavy atom. The monoisotopic (exact) mass is 328 g/mol. The number of carbonyl (C=O) groups is 1. The van der Waals surface area contributed by atoms with E-state index in [1.807, 2.05) is 6.07 Å². The molecule has 2 fully saturated rings. The van der Waals surface area contributed by atoms with Gasteiger partial charge >= 0.3 is 0 Å². The van der Waals surface area contributed by atoms with E-state index in [0.29, 0.717) is 5.92 Å². The lowest BCUT2D eigenvalue weighted by atomic mass is 9.91. The molecule has 2 heterocycles. The quantitative estimate of drug-likeness (QED) is 0.927. The minimum absolute atomic E-state index is 0.0338. The third kappa shape index (κ3) is 3.11. The molecule has 0 radical (unpaired) electrons. The van der Waals surface area contributed by atoms with Crippen LogP contribution in [0.3, 0.4) is 0 Å². The van der Waals surface area contributed by atoms with Crippen molar-refractivity contribution in [2.75, 3.05) is 0 Å². The van der Waals surface area contributed by atoms with Crippen molar-refractivity contribution < 1.29 is 9.32 Å². The Hall–Kier alpha value is -2.44. The summed E-state index contributed by atoms with van der Waals surface area (Å²) in [6.07, 6.45) is 7.12. The van der Waals surface area contributed by atoms with E-state index in [4.69, 9.17) is 4.52 Å². The van der Waals surface area contributed by atoms with Crippen molar-refractivity contribution in [1.82, 2.24) is 20.3 Å². The highest BCUT2D eigenvalue weighted by Crippen LogP contribution is 2.38. The molecule has 2 saturated carbocycles. The van der Waals surface area contributed by atoms with E-state index in [2.05, 4.69) is 15.6 Å². The summed E-state index contributed by atoms with van der Waals surface area (Å²) >= 11 is 0. The van der Waals surface area contributed by atoms with Crippen LogP contribution < -0.4 is 10.9 Å². The van der Waals surface area contributed by atoms with Gasteiger partial charge in [0.25, 0.3) is 11.5 Å². The second-order valence-electron chi connectivity index (χ2n) is 6.67. The highest BCUT2D eigenvalue weighted by Gasteiger charge is 2.29. The molecule has 0 aliphatic heterocycles. The summed E-state index contributed by atoms with van der Waals surface area (Å²) in [4.78, 5) is 24.1. The van der Waals surface area contributed by atoms with Gasteiger partial charge in [-0.05, 0) is 44.6 Å². The fraction of sp³-hybridized carbons (Fsp3) is 0.529. The summed E-state index contributed by atoms with van der Waals surface area (Å²) in [6.45, 7) is 0. The number of rotatable bonds is 4. The second-order valence-corrected chi connectivity index (χ2v) is 6.67. The number of amides is 1. The van der Waals surface area contributed by atoms with Crippen LogP contribution in [0.5, 0.6) is 0 Å². The number of nitrogens with zero attached hydrogens (tertiary/aromatic N) is 3. The number of carbonyl (C=O) groups excluding carboxylic acids is 1. The molecule has 7 nitrogen and oxygen atoms in total. The van der Waals surface area contributed by atoms with Crippen molar-refractivity contribution in [3.63, 3.8) is 0 Å². The predicted molar refractivity (Wildman–Crippen MR) is 85.7 cm³/mol. The maximum absolute atomic E-state index is 12.1. The molecule has 0 unspecified atom stereocenters. The molecule has 24 heavy (non-hydrogen) atoms. The zero-order valence-corrected chi connectivity index (χ0v) is 13.4. The number of nitrogens with one attached hydrogen (secondary N) is 1. The van der Waals surface area contributed by atoms with Crippen molar-refractivity contribution in [1.29, 1.82) is 0 Å². The summed E-state index contributed by atoms with van der Waals surface area (Å²) in [6, 6.07) is 5.27. The lowest BCUT2D eigenvalue weighted by Crippen LogP contribution is -2.39. The highest BCUT2D eigenvalue weighted by molar-refractivity contribution is 5.91. The fourth-order valence-corrected chi connectivity index (χ4v) is 3.35. The molecular formula is C17H20N4O3. The third-order valence-electron chi connectivity index (χ3n) is 4.88. The van der Waals surface area contributed by atoms with Crippen molar-refractivity contribution >= 4 is 5.91 Å². The summed E-state index contributed by atoms with van der Waals surface area (Å²) in [5.74, 6) is 0.531. The van der Waals surface area contributed by atoms with Crippen LogP contribution in [0.25, 0.3) is 0 Å². The Balaban J connectivity index is 1.38. The Morgan fingerprint density at radius 1 is 1.12 bits per heavy atom. The van der Waals surface area contributed by atoms with Gasteiger partial charge in [0, 0.05) is 24.1 Å². The fourth-order valence-electron chi connectivity index (χ4n) is 3.35. The summed E-state index contributed by atoms with van der Waals surface area (Å²) < 4.78 is 6.52. The van der Waals surface area contributed by atoms with Crippen molar-refractivity contribution in [3.05, 3.63) is 46.2 Å². The van der Waals surface area contributed by atoms with Gasteiger partial charge in [0.1, 0.15) is 0 Å². The van der Waals surface area contributed by atoms with Gasteiger partial charge in [-0.1, -0.05) is 5.16 Å². The number of aromatic nitrogens is 3. The first-order chi connectivity index (χ1) is 11.7. The third-order valence-corrected chi connectivity index (χ3v) is 4.88. The second kappa shape index (κ2) is 6.22. The molecule has 0 aromatic carbocycles. The molecule has 2 aliphatic rings. The molecule has 0 bridgehead atoms. The topological polar surface area (TPSA) is 90.0 Å². The zero-order valence-electron chi connectivity index (χ0n) is 13.4. The number of hydrogen-bond acceptors (Lipinski definition) is 5. The average Bonchev–Trinajstić information content (AvgIpc) is 3.30. The maximum atomic E-state index is 12.1. The molecule has 0 saturated heterocycles. The molecule has 2 aliphatic carbocycles. The van der Waals surface area contributed by atoms with Crippen molar-refractivity contribution in [3.8, 4) is 0 Å². The number of hydrogen-bond donors (Lipinski definition) is 1. The van der Waals surface area contributed by atoms with E-state index >= 15 is 0 Å². The van der Waals surface area contributed by atoms with E-state index < -0.39 is 0 Å². The van der Waals surface area contributed by atoms with Gasteiger partial charge in [0.05, 0.1) is 17.9 Å². The van der Waals surface area contributed by atoms with Gasteiger partial charge in [0.2, 0.25) is 5.76 Å². The standard InChI is InChI=1S/C17H20N4O3/c22-16-8-7-14(11-1-2-11)20-21(16)13-5-3-12(4-6-13)19-17(23)15-9-10-18-24-15/h7-13H,1-6H2,(H,19,23). The minimum Gasteiger partial charge on any atom is -0.351 e. The zero-order chi connectivity index (χ0) is 16.5. The Labute approximate surface area is 139 Å². The van der Waals surface area contributed by atoms with Gasteiger partial charge < -0.3 is 9.84 Å². The van der Waals surface area contributed by atoms with Crippen LogP contribution >= 0.6 is 0 Å². The van der Waals surface area contributed by atoms with Gasteiger partial charge in [-0.25, -0.2) is 4.68 Å². The van der Waals surface area contributed by atoms with E-state index in [0.717, 1.165) is 31.4 Å². The molecule has 1 N–H and O–H groups in total. The van der Waals surface area contributed by atoms with E-state index in [-0.39, 0.29) is 29.3 Å². The van der Waals surface area contributed by atoms with Crippen LogP contribution in [-0.2, 0) is 0 Å². The van der Waals surface area contributed by atoms with E-state index in [1.165, 1.54) is 19.0 Å². The predicted octanol–water partition coefficient (Wildman–Crippen LogP) is 2.02. The van der Waals surface area contributed by atoms with Crippen LogP contribution in [0, 0.1) is 0 Å². The molecule has 0 spiro atoms. The normalized spacial score (nSPS) is 23.8. The maximum Gasteiger partial charge on any atom is 0.290 e. The lowest BCUT2D eigenvalue weighted by Gasteiger charge is -2.29. The lowest BCUT2D eigenvalue weighted by molar-refractivity contribution is 0.0884. The summed E-state index contributed by atoms with van der Waals surface area (Å²) in [5, 5.41) is 11.1. The average molecular weight is 328 g/mol. The van der Waals surface area contributed by atoms with Crippen molar-refractivity contribution in [2.45, 2.75) is 56.5 Å². The Bertz CT molecular complexity index is 771. The van der Waals surface area contributed by atoms with Crippen LogP contribution in [0.1, 0.15) is 66.7 Å². The molecular weight excluding hydrogens is 308 g/mol. The van der Waals surface area contributed by atoms with Gasteiger partial charge in [0.15, 0.2) is 0 Å². The summed E-state index contributed by atoms with van der Waals surface area (Å²) in [5.41, 5.74) is 1.00. The van der Waals surface area contributed by atoms with Gasteiger partial charge in [-0.15, -0.1) is 0 Å². The van der Waals surface area contributed by atoms with Crippen molar-refractivity contribution in [2.24, 2.45) is 0 Å².